The molecule has 0 bridgehead atoms. The van der Waals surface area contributed by atoms with Crippen molar-refractivity contribution in [3.8, 4) is 5.75 Å². The van der Waals surface area contributed by atoms with Crippen molar-refractivity contribution in [1.82, 2.24) is 0 Å². The fourth-order valence-electron chi connectivity index (χ4n) is 3.07. The number of halogens is 3. The number of alkyl halides is 2. The number of anilines is 1. The number of rotatable bonds is 5. The van der Waals surface area contributed by atoms with Gasteiger partial charge in [-0.15, -0.1) is 24.0 Å². The molecule has 0 fully saturated rings. The van der Waals surface area contributed by atoms with E-state index in [0.717, 1.165) is 24.1 Å². The van der Waals surface area contributed by atoms with Gasteiger partial charge < -0.3 is 15.8 Å². The molecule has 2 aromatic carbocycles. The predicted molar refractivity (Wildman–Crippen MR) is 111 cm³/mol. The third kappa shape index (κ3) is 5.55. The summed E-state index contributed by atoms with van der Waals surface area (Å²) in [5.41, 5.74) is 10.4. The van der Waals surface area contributed by atoms with Crippen LogP contribution in [0.15, 0.2) is 47.5 Å². The molecule has 0 radical (unpaired) electrons. The third-order valence-corrected chi connectivity index (χ3v) is 4.21. The average molecular weight is 473 g/mol. The number of ether oxygens (including phenoxy) is 1. The number of guanidine groups is 1. The van der Waals surface area contributed by atoms with Crippen LogP contribution in [0.5, 0.6) is 5.75 Å². The van der Waals surface area contributed by atoms with E-state index in [1.807, 2.05) is 12.1 Å². The summed E-state index contributed by atoms with van der Waals surface area (Å²) in [5, 5.41) is 3.16. The molecule has 0 amide bonds. The molecule has 4 nitrogen and oxygen atoms in total. The molecule has 0 aliphatic heterocycles. The lowest BCUT2D eigenvalue weighted by atomic mass is 9.90. The Hall–Kier alpha value is -1.90. The Balaban J connectivity index is 0.00000243. The Kier molecular flexibility index (Phi) is 7.62. The molecule has 140 valence electrons. The maximum absolute atomic E-state index is 12.3. The van der Waals surface area contributed by atoms with E-state index < -0.39 is 6.61 Å². The molecule has 3 N–H and O–H groups in total. The first-order chi connectivity index (χ1) is 12.1. The Labute approximate surface area is 168 Å². The summed E-state index contributed by atoms with van der Waals surface area (Å²) in [7, 11) is 0. The Morgan fingerprint density at radius 2 is 1.92 bits per heavy atom. The molecule has 26 heavy (non-hydrogen) atoms. The van der Waals surface area contributed by atoms with Gasteiger partial charge in [0.15, 0.2) is 5.96 Å². The molecule has 0 heterocycles. The van der Waals surface area contributed by atoms with Gasteiger partial charge in [-0.05, 0) is 60.6 Å². The summed E-state index contributed by atoms with van der Waals surface area (Å²) in [6.07, 6.45) is 4.54. The molecule has 0 unspecified atom stereocenters. The zero-order chi connectivity index (χ0) is 17.6. The highest BCUT2D eigenvalue weighted by Crippen LogP contribution is 2.27. The minimum Gasteiger partial charge on any atom is -0.435 e. The largest absolute Gasteiger partial charge is 0.435 e. The van der Waals surface area contributed by atoms with Crippen LogP contribution in [0.25, 0.3) is 0 Å². The van der Waals surface area contributed by atoms with Crippen LogP contribution in [0.4, 0.5) is 14.5 Å². The van der Waals surface area contributed by atoms with Gasteiger partial charge in [0, 0.05) is 5.69 Å². The number of nitrogens with zero attached hydrogens (tertiary/aromatic N) is 1. The average Bonchev–Trinajstić information content (AvgIpc) is 2.60. The number of nitrogens with two attached hydrogens (primary N) is 1. The Morgan fingerprint density at radius 3 is 2.73 bits per heavy atom. The van der Waals surface area contributed by atoms with Gasteiger partial charge >= 0.3 is 6.61 Å². The lowest BCUT2D eigenvalue weighted by molar-refractivity contribution is -0.0498. The van der Waals surface area contributed by atoms with Crippen molar-refractivity contribution in [2.75, 3.05) is 5.32 Å². The second-order valence-electron chi connectivity index (χ2n) is 6.00. The number of aryl methyl sites for hydroxylation is 1. The zero-order valence-electron chi connectivity index (χ0n) is 14.3. The van der Waals surface area contributed by atoms with Crippen LogP contribution in [0, 0.1) is 0 Å². The van der Waals surface area contributed by atoms with Crippen LogP contribution in [-0.2, 0) is 19.4 Å². The second kappa shape index (κ2) is 9.70. The molecule has 1 aliphatic rings. The number of fused-ring (bicyclic) bond motifs is 1. The van der Waals surface area contributed by atoms with Gasteiger partial charge in [-0.1, -0.05) is 24.3 Å². The topological polar surface area (TPSA) is 59.6 Å². The van der Waals surface area contributed by atoms with Gasteiger partial charge in [-0.25, -0.2) is 4.99 Å². The van der Waals surface area contributed by atoms with Crippen LogP contribution in [0.2, 0.25) is 0 Å². The van der Waals surface area contributed by atoms with Gasteiger partial charge in [-0.2, -0.15) is 8.78 Å². The van der Waals surface area contributed by atoms with E-state index in [9.17, 15) is 8.78 Å². The molecule has 0 saturated carbocycles. The smallest absolute Gasteiger partial charge is 0.387 e. The molecular weight excluding hydrogens is 451 g/mol. The van der Waals surface area contributed by atoms with Crippen LogP contribution < -0.4 is 15.8 Å². The van der Waals surface area contributed by atoms with Crippen molar-refractivity contribution in [3.05, 3.63) is 59.2 Å². The number of aliphatic imine (C=N–C) groups is 1. The number of hydrogen-bond donors (Lipinski definition) is 2. The van der Waals surface area contributed by atoms with E-state index in [1.165, 1.54) is 36.1 Å². The van der Waals surface area contributed by atoms with Crippen molar-refractivity contribution >= 4 is 35.6 Å². The Bertz CT molecular complexity index is 768. The highest BCUT2D eigenvalue weighted by atomic mass is 127. The molecule has 2 aromatic rings. The summed E-state index contributed by atoms with van der Waals surface area (Å²) in [4.78, 5) is 4.30. The molecule has 1 aliphatic carbocycles. The summed E-state index contributed by atoms with van der Waals surface area (Å²) in [5.74, 6) is 0.422. The molecule has 0 atom stereocenters. The van der Waals surface area contributed by atoms with Crippen molar-refractivity contribution in [1.29, 1.82) is 0 Å². The third-order valence-electron chi connectivity index (χ3n) is 4.21. The molecule has 3 rings (SSSR count). The van der Waals surface area contributed by atoms with Gasteiger partial charge in [0.2, 0.25) is 0 Å². The van der Waals surface area contributed by atoms with E-state index >= 15 is 0 Å². The maximum atomic E-state index is 12.3. The van der Waals surface area contributed by atoms with Gasteiger partial charge in [0.25, 0.3) is 0 Å². The van der Waals surface area contributed by atoms with Crippen LogP contribution in [0.1, 0.15) is 29.5 Å². The van der Waals surface area contributed by atoms with E-state index in [2.05, 4.69) is 21.1 Å². The number of nitrogens with one attached hydrogen (secondary N) is 1. The van der Waals surface area contributed by atoms with Crippen molar-refractivity contribution in [2.45, 2.75) is 38.8 Å². The number of benzene rings is 2. The Morgan fingerprint density at radius 1 is 1.15 bits per heavy atom. The highest BCUT2D eigenvalue weighted by Gasteiger charge is 2.13. The van der Waals surface area contributed by atoms with E-state index in [0.29, 0.717) is 5.96 Å². The summed E-state index contributed by atoms with van der Waals surface area (Å²) >= 11 is 0. The van der Waals surface area contributed by atoms with E-state index in [-0.39, 0.29) is 36.3 Å². The summed E-state index contributed by atoms with van der Waals surface area (Å²) < 4.78 is 28.9. The molecule has 0 aromatic heterocycles. The van der Waals surface area contributed by atoms with Gasteiger partial charge in [0.05, 0.1) is 6.54 Å². The summed E-state index contributed by atoms with van der Waals surface area (Å²) in [6.45, 7) is -2.55. The fourth-order valence-corrected chi connectivity index (χ4v) is 3.07. The first-order valence-electron chi connectivity index (χ1n) is 8.33. The maximum Gasteiger partial charge on any atom is 0.387 e. The lowest BCUT2D eigenvalue weighted by Gasteiger charge is -2.19. The van der Waals surface area contributed by atoms with Crippen LogP contribution in [-0.4, -0.2) is 12.6 Å². The van der Waals surface area contributed by atoms with E-state index in [1.54, 1.807) is 12.1 Å². The highest BCUT2D eigenvalue weighted by molar-refractivity contribution is 14.0. The van der Waals surface area contributed by atoms with Gasteiger partial charge in [-0.3, -0.25) is 0 Å². The number of hydrogen-bond acceptors (Lipinski definition) is 2. The standard InChI is InChI=1S/C19H21F2N3O.HI/c20-18(21)25-15-8-3-5-13(11-15)12-23-19(22)24-17-10-4-7-14-6-1-2-9-16(14)17;/h3-5,7-8,10-11,18H,1-2,6,9,12H2,(H3,22,23,24);1H. The monoisotopic (exact) mass is 473 g/mol. The molecular formula is C19H22F2IN3O. The first kappa shape index (κ1) is 20.4. The fraction of sp³-hybridized carbons (Fsp3) is 0.316. The predicted octanol–water partition coefficient (Wildman–Crippen LogP) is 4.71. The van der Waals surface area contributed by atoms with Crippen LogP contribution in [0.3, 0.4) is 0 Å². The summed E-state index contributed by atoms with van der Waals surface area (Å²) in [6, 6.07) is 12.6. The van der Waals surface area contributed by atoms with E-state index in [4.69, 9.17) is 5.73 Å². The molecule has 0 spiro atoms. The van der Waals surface area contributed by atoms with Crippen LogP contribution >= 0.6 is 24.0 Å². The second-order valence-corrected chi connectivity index (χ2v) is 6.00. The van der Waals surface area contributed by atoms with Crippen molar-refractivity contribution in [3.63, 3.8) is 0 Å². The van der Waals surface area contributed by atoms with Crippen molar-refractivity contribution < 1.29 is 13.5 Å². The minimum absolute atomic E-state index is 0. The SMILES string of the molecule is I.NC(=NCc1cccc(OC(F)F)c1)Nc1cccc2c1CCCC2. The van der Waals surface area contributed by atoms with Gasteiger partial charge in [0.1, 0.15) is 5.75 Å². The normalized spacial score (nSPS) is 13.7. The quantitative estimate of drug-likeness (QED) is 0.376. The lowest BCUT2D eigenvalue weighted by Crippen LogP contribution is -2.24. The molecule has 0 saturated heterocycles. The minimum atomic E-state index is -2.84. The zero-order valence-corrected chi connectivity index (χ0v) is 16.6. The molecule has 7 heteroatoms. The first-order valence-corrected chi connectivity index (χ1v) is 8.33. The van der Waals surface area contributed by atoms with Crippen molar-refractivity contribution in [2.24, 2.45) is 10.7 Å².